The second-order valence-electron chi connectivity index (χ2n) is 6.45. The molecule has 1 saturated heterocycles. The number of likely N-dealkylation sites (tertiary alicyclic amines) is 1. The molecular formula is C17H19FN6OS. The largest absolute Gasteiger partial charge is 0.342 e. The summed E-state index contributed by atoms with van der Waals surface area (Å²) in [6.07, 6.45) is 3.32. The number of amides is 1. The number of imidazole rings is 1. The molecule has 3 heterocycles. The van der Waals surface area contributed by atoms with Crippen molar-refractivity contribution in [1.82, 2.24) is 29.6 Å². The summed E-state index contributed by atoms with van der Waals surface area (Å²) in [5.74, 6) is 1.35. The third kappa shape index (κ3) is 3.44. The van der Waals surface area contributed by atoms with Gasteiger partial charge in [-0.3, -0.25) is 4.79 Å². The molecule has 1 N–H and O–H groups in total. The van der Waals surface area contributed by atoms with E-state index in [4.69, 9.17) is 0 Å². The highest BCUT2D eigenvalue weighted by Gasteiger charge is 2.26. The Morgan fingerprint density at radius 3 is 2.92 bits per heavy atom. The smallest absolute Gasteiger partial charge is 0.233 e. The quantitative estimate of drug-likeness (QED) is 0.709. The van der Waals surface area contributed by atoms with Crippen molar-refractivity contribution in [1.29, 1.82) is 0 Å². The van der Waals surface area contributed by atoms with E-state index in [1.807, 2.05) is 11.9 Å². The maximum atomic E-state index is 13.3. The highest BCUT2D eigenvalue weighted by molar-refractivity contribution is 7.99. The third-order valence-electron chi connectivity index (χ3n) is 4.69. The molecule has 1 aliphatic rings. The predicted molar refractivity (Wildman–Crippen MR) is 96.3 cm³/mol. The zero-order valence-electron chi connectivity index (χ0n) is 14.4. The number of hydrogen-bond acceptors (Lipinski definition) is 5. The number of H-pyrrole nitrogens is 1. The van der Waals surface area contributed by atoms with E-state index >= 15 is 0 Å². The van der Waals surface area contributed by atoms with Crippen molar-refractivity contribution >= 4 is 28.7 Å². The highest BCUT2D eigenvalue weighted by atomic mass is 32.2. The summed E-state index contributed by atoms with van der Waals surface area (Å²) in [6, 6.07) is 4.57. The molecule has 1 fully saturated rings. The Bertz CT molecular complexity index is 930. The summed E-state index contributed by atoms with van der Waals surface area (Å²) in [5, 5.41) is 8.53. The Kier molecular flexibility index (Phi) is 4.62. The molecular weight excluding hydrogens is 355 g/mol. The monoisotopic (exact) mass is 374 g/mol. The lowest BCUT2D eigenvalue weighted by atomic mass is 9.96. The van der Waals surface area contributed by atoms with Gasteiger partial charge in [0.15, 0.2) is 5.16 Å². The van der Waals surface area contributed by atoms with Crippen LogP contribution >= 0.6 is 11.8 Å². The molecule has 0 unspecified atom stereocenters. The molecule has 1 amide bonds. The lowest BCUT2D eigenvalue weighted by Gasteiger charge is -2.31. The number of rotatable bonds is 4. The number of hydrogen-bond donors (Lipinski definition) is 1. The van der Waals surface area contributed by atoms with Gasteiger partial charge in [0.1, 0.15) is 18.0 Å². The van der Waals surface area contributed by atoms with Crippen LogP contribution in [0.1, 0.15) is 24.6 Å². The summed E-state index contributed by atoms with van der Waals surface area (Å²) in [5.41, 5.74) is 1.50. The molecule has 0 saturated carbocycles. The minimum atomic E-state index is -0.270. The number of carbonyl (C=O) groups is 1. The lowest BCUT2D eigenvalue weighted by Crippen LogP contribution is -2.39. The second-order valence-corrected chi connectivity index (χ2v) is 7.39. The minimum Gasteiger partial charge on any atom is -0.342 e. The van der Waals surface area contributed by atoms with Gasteiger partial charge in [-0.1, -0.05) is 11.8 Å². The number of aryl methyl sites for hydroxylation is 1. The number of fused-ring (bicyclic) bond motifs is 1. The molecule has 0 aliphatic carbocycles. The van der Waals surface area contributed by atoms with Gasteiger partial charge in [-0.25, -0.2) is 9.37 Å². The summed E-state index contributed by atoms with van der Waals surface area (Å²) in [4.78, 5) is 22.1. The van der Waals surface area contributed by atoms with E-state index in [0.29, 0.717) is 18.8 Å². The summed E-state index contributed by atoms with van der Waals surface area (Å²) in [6.45, 7) is 1.41. The molecule has 26 heavy (non-hydrogen) atoms. The van der Waals surface area contributed by atoms with Gasteiger partial charge in [-0.05, 0) is 31.0 Å². The van der Waals surface area contributed by atoms with E-state index in [2.05, 4.69) is 20.2 Å². The number of piperidine rings is 1. The van der Waals surface area contributed by atoms with Crippen LogP contribution in [0.15, 0.2) is 29.7 Å². The van der Waals surface area contributed by atoms with Gasteiger partial charge in [-0.15, -0.1) is 10.2 Å². The molecule has 9 heteroatoms. The number of thioether (sulfide) groups is 1. The molecule has 7 nitrogen and oxygen atoms in total. The van der Waals surface area contributed by atoms with Crippen LogP contribution in [0.2, 0.25) is 0 Å². The van der Waals surface area contributed by atoms with Crippen molar-refractivity contribution in [3.05, 3.63) is 36.2 Å². The Morgan fingerprint density at radius 1 is 1.38 bits per heavy atom. The van der Waals surface area contributed by atoms with Crippen LogP contribution in [-0.2, 0) is 11.8 Å². The average Bonchev–Trinajstić information content (AvgIpc) is 3.25. The lowest BCUT2D eigenvalue weighted by molar-refractivity contribution is -0.129. The van der Waals surface area contributed by atoms with Crippen LogP contribution in [-0.4, -0.2) is 54.4 Å². The van der Waals surface area contributed by atoms with Gasteiger partial charge in [0.2, 0.25) is 5.91 Å². The first kappa shape index (κ1) is 17.0. The Labute approximate surface area is 154 Å². The average molecular weight is 374 g/mol. The standard InChI is InChI=1S/C17H19FN6OS/c1-23-10-19-22-17(23)26-9-15(25)24-6-4-11(5-7-24)16-20-13-3-2-12(18)8-14(13)21-16/h2-3,8,10-11H,4-7,9H2,1H3,(H,20,21). The minimum absolute atomic E-state index is 0.114. The maximum Gasteiger partial charge on any atom is 0.233 e. The first-order valence-electron chi connectivity index (χ1n) is 8.50. The Morgan fingerprint density at radius 2 is 2.19 bits per heavy atom. The number of aromatic nitrogens is 5. The fraction of sp³-hybridized carbons (Fsp3) is 0.412. The summed E-state index contributed by atoms with van der Waals surface area (Å²) < 4.78 is 15.1. The maximum absolute atomic E-state index is 13.3. The van der Waals surface area contributed by atoms with Crippen molar-refractivity contribution in [2.75, 3.05) is 18.8 Å². The molecule has 0 spiro atoms. The van der Waals surface area contributed by atoms with Crippen molar-refractivity contribution in [3.63, 3.8) is 0 Å². The number of carbonyl (C=O) groups excluding carboxylic acids is 1. The SMILES string of the molecule is Cn1cnnc1SCC(=O)N1CCC(c2nc3ccc(F)cc3[nH]2)CC1. The van der Waals surface area contributed by atoms with Crippen LogP contribution in [0, 0.1) is 5.82 Å². The van der Waals surface area contributed by atoms with E-state index in [1.165, 1.54) is 23.9 Å². The number of nitrogens with one attached hydrogen (secondary N) is 1. The van der Waals surface area contributed by atoms with Crippen LogP contribution in [0.3, 0.4) is 0 Å². The van der Waals surface area contributed by atoms with Crippen molar-refractivity contribution < 1.29 is 9.18 Å². The van der Waals surface area contributed by atoms with E-state index < -0.39 is 0 Å². The van der Waals surface area contributed by atoms with E-state index in [-0.39, 0.29) is 17.6 Å². The van der Waals surface area contributed by atoms with Gasteiger partial charge in [0.05, 0.1) is 16.8 Å². The fourth-order valence-electron chi connectivity index (χ4n) is 3.22. The van der Waals surface area contributed by atoms with Gasteiger partial charge in [0.25, 0.3) is 0 Å². The number of benzene rings is 1. The first-order valence-corrected chi connectivity index (χ1v) is 9.48. The first-order chi connectivity index (χ1) is 12.6. The van der Waals surface area contributed by atoms with Crippen LogP contribution < -0.4 is 0 Å². The molecule has 0 radical (unpaired) electrons. The summed E-state index contributed by atoms with van der Waals surface area (Å²) in [7, 11) is 1.86. The Balaban J connectivity index is 1.34. The second kappa shape index (κ2) is 7.06. The fourth-order valence-corrected chi connectivity index (χ4v) is 4.01. The molecule has 136 valence electrons. The van der Waals surface area contributed by atoms with Gasteiger partial charge in [-0.2, -0.15) is 0 Å². The van der Waals surface area contributed by atoms with Crippen molar-refractivity contribution in [3.8, 4) is 0 Å². The third-order valence-corrected chi connectivity index (χ3v) is 5.71. The highest BCUT2D eigenvalue weighted by Crippen LogP contribution is 2.28. The topological polar surface area (TPSA) is 79.7 Å². The van der Waals surface area contributed by atoms with Crippen molar-refractivity contribution in [2.45, 2.75) is 23.9 Å². The van der Waals surface area contributed by atoms with E-state index in [1.54, 1.807) is 17.0 Å². The number of halogens is 1. The number of aromatic amines is 1. The van der Waals surface area contributed by atoms with Gasteiger partial charge in [0, 0.05) is 26.1 Å². The van der Waals surface area contributed by atoms with Crippen molar-refractivity contribution in [2.24, 2.45) is 7.05 Å². The van der Waals surface area contributed by atoms with E-state index in [9.17, 15) is 9.18 Å². The van der Waals surface area contributed by atoms with Gasteiger partial charge < -0.3 is 14.5 Å². The molecule has 1 aromatic carbocycles. The number of nitrogens with zero attached hydrogens (tertiary/aromatic N) is 5. The normalized spacial score (nSPS) is 15.7. The zero-order valence-corrected chi connectivity index (χ0v) is 15.2. The van der Waals surface area contributed by atoms with Crippen LogP contribution in [0.5, 0.6) is 0 Å². The summed E-state index contributed by atoms with van der Waals surface area (Å²) >= 11 is 1.40. The van der Waals surface area contributed by atoms with Crippen LogP contribution in [0.25, 0.3) is 11.0 Å². The molecule has 0 bridgehead atoms. The molecule has 4 rings (SSSR count). The Hall–Kier alpha value is -2.42. The molecule has 3 aromatic rings. The molecule has 1 aliphatic heterocycles. The predicted octanol–water partition coefficient (Wildman–Crippen LogP) is 2.33. The van der Waals surface area contributed by atoms with Crippen LogP contribution in [0.4, 0.5) is 4.39 Å². The van der Waals surface area contributed by atoms with E-state index in [0.717, 1.165) is 34.9 Å². The van der Waals surface area contributed by atoms with Gasteiger partial charge >= 0.3 is 0 Å². The molecule has 2 aromatic heterocycles. The zero-order chi connectivity index (χ0) is 18.1. The molecule has 0 atom stereocenters.